The SMILES string of the molecule is CC(CO)(CO)Nc1ccc(F)cc1C#N. The number of aliphatic hydroxyl groups excluding tert-OH is 2. The zero-order chi connectivity index (χ0) is 12.2. The molecule has 5 heteroatoms. The van der Waals surface area contributed by atoms with Crippen LogP contribution in [-0.2, 0) is 0 Å². The molecule has 0 radical (unpaired) electrons. The number of aliphatic hydroxyl groups is 2. The second kappa shape index (κ2) is 4.92. The molecule has 16 heavy (non-hydrogen) atoms. The quantitative estimate of drug-likeness (QED) is 0.708. The Bertz CT molecular complexity index is 411. The number of benzene rings is 1. The van der Waals surface area contributed by atoms with Gasteiger partial charge in [0.1, 0.15) is 11.9 Å². The first-order valence-corrected chi connectivity index (χ1v) is 4.74. The summed E-state index contributed by atoms with van der Waals surface area (Å²) in [6.45, 7) is 0.995. The van der Waals surface area contributed by atoms with Crippen molar-refractivity contribution in [2.24, 2.45) is 0 Å². The van der Waals surface area contributed by atoms with Crippen LogP contribution in [-0.4, -0.2) is 29.0 Å². The highest BCUT2D eigenvalue weighted by Crippen LogP contribution is 2.20. The van der Waals surface area contributed by atoms with E-state index in [2.05, 4.69) is 5.32 Å². The van der Waals surface area contributed by atoms with Crippen LogP contribution in [0.1, 0.15) is 12.5 Å². The molecule has 0 saturated heterocycles. The van der Waals surface area contributed by atoms with Crippen LogP contribution in [0.15, 0.2) is 18.2 Å². The molecule has 0 fully saturated rings. The van der Waals surface area contributed by atoms with E-state index < -0.39 is 11.4 Å². The molecule has 1 rings (SSSR count). The summed E-state index contributed by atoms with van der Waals surface area (Å²) in [5, 5.41) is 29.8. The molecule has 3 N–H and O–H groups in total. The molecule has 0 aliphatic rings. The number of hydrogen-bond acceptors (Lipinski definition) is 4. The van der Waals surface area contributed by atoms with Crippen LogP contribution in [0.25, 0.3) is 0 Å². The lowest BCUT2D eigenvalue weighted by molar-refractivity contribution is 0.147. The third-order valence-electron chi connectivity index (χ3n) is 2.24. The maximum absolute atomic E-state index is 12.9. The van der Waals surface area contributed by atoms with Gasteiger partial charge in [0.2, 0.25) is 0 Å². The second-order valence-electron chi connectivity index (χ2n) is 3.80. The monoisotopic (exact) mass is 224 g/mol. The molecule has 4 nitrogen and oxygen atoms in total. The largest absolute Gasteiger partial charge is 0.394 e. The van der Waals surface area contributed by atoms with Crippen molar-refractivity contribution < 1.29 is 14.6 Å². The van der Waals surface area contributed by atoms with Crippen LogP contribution in [0.2, 0.25) is 0 Å². The van der Waals surface area contributed by atoms with Gasteiger partial charge in [0.15, 0.2) is 0 Å². The zero-order valence-corrected chi connectivity index (χ0v) is 8.87. The third-order valence-corrected chi connectivity index (χ3v) is 2.24. The summed E-state index contributed by atoms with van der Waals surface area (Å²) >= 11 is 0. The highest BCUT2D eigenvalue weighted by atomic mass is 19.1. The van der Waals surface area contributed by atoms with Gasteiger partial charge in [-0.3, -0.25) is 0 Å². The van der Waals surface area contributed by atoms with E-state index in [0.717, 1.165) is 6.07 Å². The molecule has 0 aromatic heterocycles. The first kappa shape index (κ1) is 12.4. The minimum absolute atomic E-state index is 0.133. The lowest BCUT2D eigenvalue weighted by atomic mass is 10.0. The predicted octanol–water partition coefficient (Wildman–Crippen LogP) is 0.853. The van der Waals surface area contributed by atoms with E-state index in [-0.39, 0.29) is 18.8 Å². The van der Waals surface area contributed by atoms with Gasteiger partial charge in [-0.15, -0.1) is 0 Å². The number of nitrogens with zero attached hydrogens (tertiary/aromatic N) is 1. The molecule has 0 heterocycles. The van der Waals surface area contributed by atoms with Crippen molar-refractivity contribution in [3.05, 3.63) is 29.6 Å². The van der Waals surface area contributed by atoms with Crippen LogP contribution in [0.3, 0.4) is 0 Å². The number of hydrogen-bond donors (Lipinski definition) is 3. The van der Waals surface area contributed by atoms with E-state index in [9.17, 15) is 4.39 Å². The Kier molecular flexibility index (Phi) is 3.82. The van der Waals surface area contributed by atoms with Crippen molar-refractivity contribution in [3.63, 3.8) is 0 Å². The van der Waals surface area contributed by atoms with E-state index >= 15 is 0 Å². The van der Waals surface area contributed by atoms with Crippen LogP contribution < -0.4 is 5.32 Å². The predicted molar refractivity (Wildman–Crippen MR) is 57.3 cm³/mol. The minimum atomic E-state index is -0.941. The van der Waals surface area contributed by atoms with Crippen molar-refractivity contribution in [2.45, 2.75) is 12.5 Å². The Morgan fingerprint density at radius 3 is 2.56 bits per heavy atom. The summed E-state index contributed by atoms with van der Waals surface area (Å²) in [6, 6.07) is 5.54. The van der Waals surface area contributed by atoms with Gasteiger partial charge in [-0.25, -0.2) is 4.39 Å². The minimum Gasteiger partial charge on any atom is -0.394 e. The number of nitriles is 1. The topological polar surface area (TPSA) is 76.3 Å². The van der Waals surface area contributed by atoms with Crippen LogP contribution in [0.5, 0.6) is 0 Å². The highest BCUT2D eigenvalue weighted by Gasteiger charge is 2.23. The van der Waals surface area contributed by atoms with Gasteiger partial charge in [-0.1, -0.05) is 0 Å². The Labute approximate surface area is 93.0 Å². The van der Waals surface area contributed by atoms with Gasteiger partial charge in [-0.2, -0.15) is 5.26 Å². The fourth-order valence-electron chi connectivity index (χ4n) is 1.17. The molecule has 0 bridgehead atoms. The summed E-state index contributed by atoms with van der Waals surface area (Å²) in [7, 11) is 0. The zero-order valence-electron chi connectivity index (χ0n) is 8.87. The number of nitrogens with one attached hydrogen (secondary N) is 1. The van der Waals surface area contributed by atoms with Gasteiger partial charge in [0, 0.05) is 0 Å². The standard InChI is InChI=1S/C11H13FN2O2/c1-11(6-15,7-16)14-10-3-2-9(12)4-8(10)5-13/h2-4,14-16H,6-7H2,1H3. The van der Waals surface area contributed by atoms with Crippen molar-refractivity contribution in [1.29, 1.82) is 5.26 Å². The maximum Gasteiger partial charge on any atom is 0.124 e. The molecule has 0 aliphatic heterocycles. The molecular weight excluding hydrogens is 211 g/mol. The van der Waals surface area contributed by atoms with E-state index in [1.54, 1.807) is 6.92 Å². The van der Waals surface area contributed by atoms with Gasteiger partial charge in [-0.05, 0) is 25.1 Å². The Hall–Kier alpha value is -1.64. The highest BCUT2D eigenvalue weighted by molar-refractivity contribution is 5.58. The van der Waals surface area contributed by atoms with Crippen molar-refractivity contribution in [2.75, 3.05) is 18.5 Å². The van der Waals surface area contributed by atoms with E-state index in [1.807, 2.05) is 6.07 Å². The molecular formula is C11H13FN2O2. The average Bonchev–Trinajstić information content (AvgIpc) is 2.31. The molecule has 0 amide bonds. The van der Waals surface area contributed by atoms with Crippen LogP contribution in [0, 0.1) is 17.1 Å². The van der Waals surface area contributed by atoms with Crippen LogP contribution >= 0.6 is 0 Å². The lowest BCUT2D eigenvalue weighted by Crippen LogP contribution is -2.42. The normalized spacial score (nSPS) is 10.9. The average molecular weight is 224 g/mol. The van der Waals surface area contributed by atoms with Gasteiger partial charge >= 0.3 is 0 Å². The van der Waals surface area contributed by atoms with Crippen molar-refractivity contribution >= 4 is 5.69 Å². The summed E-state index contributed by atoms with van der Waals surface area (Å²) in [6.07, 6.45) is 0. The molecule has 1 aromatic carbocycles. The number of anilines is 1. The van der Waals surface area contributed by atoms with Crippen LogP contribution in [0.4, 0.5) is 10.1 Å². The first-order chi connectivity index (χ1) is 7.54. The van der Waals surface area contributed by atoms with E-state index in [1.165, 1.54) is 12.1 Å². The van der Waals surface area contributed by atoms with Gasteiger partial charge < -0.3 is 15.5 Å². The first-order valence-electron chi connectivity index (χ1n) is 4.74. The molecule has 0 aliphatic carbocycles. The van der Waals surface area contributed by atoms with E-state index in [0.29, 0.717) is 5.69 Å². The van der Waals surface area contributed by atoms with Crippen molar-refractivity contribution in [3.8, 4) is 6.07 Å². The molecule has 0 saturated carbocycles. The molecule has 0 unspecified atom stereocenters. The number of rotatable bonds is 4. The van der Waals surface area contributed by atoms with Gasteiger partial charge in [0.25, 0.3) is 0 Å². The second-order valence-corrected chi connectivity index (χ2v) is 3.80. The Morgan fingerprint density at radius 1 is 1.44 bits per heavy atom. The maximum atomic E-state index is 12.9. The number of halogens is 1. The van der Waals surface area contributed by atoms with Crippen molar-refractivity contribution in [1.82, 2.24) is 0 Å². The lowest BCUT2D eigenvalue weighted by Gasteiger charge is -2.27. The summed E-state index contributed by atoms with van der Waals surface area (Å²) in [5.74, 6) is -0.503. The fraction of sp³-hybridized carbons (Fsp3) is 0.364. The summed E-state index contributed by atoms with van der Waals surface area (Å²) < 4.78 is 12.9. The summed E-state index contributed by atoms with van der Waals surface area (Å²) in [5.41, 5.74) is -0.425. The summed E-state index contributed by atoms with van der Waals surface area (Å²) in [4.78, 5) is 0. The van der Waals surface area contributed by atoms with E-state index in [4.69, 9.17) is 15.5 Å². The molecule has 0 spiro atoms. The van der Waals surface area contributed by atoms with Gasteiger partial charge in [0.05, 0.1) is 30.0 Å². The molecule has 1 aromatic rings. The molecule has 86 valence electrons. The fourth-order valence-corrected chi connectivity index (χ4v) is 1.17. The Balaban J connectivity index is 3.02. The Morgan fingerprint density at radius 2 is 2.06 bits per heavy atom. The smallest absolute Gasteiger partial charge is 0.124 e. The molecule has 0 atom stereocenters. The third kappa shape index (κ3) is 2.69.